The third-order valence-electron chi connectivity index (χ3n) is 5.38. The van der Waals surface area contributed by atoms with Gasteiger partial charge in [-0.05, 0) is 42.3 Å². The molecule has 1 aliphatic rings. The Morgan fingerprint density at radius 2 is 1.89 bits per heavy atom. The fraction of sp³-hybridized carbons (Fsp3) is 0.200. The van der Waals surface area contributed by atoms with Crippen LogP contribution < -0.4 is 24.4 Å². The van der Waals surface area contributed by atoms with Gasteiger partial charge < -0.3 is 14.2 Å². The van der Waals surface area contributed by atoms with Crippen LogP contribution in [-0.4, -0.2) is 30.7 Å². The van der Waals surface area contributed by atoms with Gasteiger partial charge in [-0.15, -0.1) is 0 Å². The van der Waals surface area contributed by atoms with Gasteiger partial charge in [0.25, 0.3) is 5.56 Å². The maximum absolute atomic E-state index is 13.6. The first kappa shape index (κ1) is 24.4. The number of benzene rings is 2. The molecule has 1 atom stereocenters. The van der Waals surface area contributed by atoms with Gasteiger partial charge in [0.05, 0.1) is 36.1 Å². The van der Waals surface area contributed by atoms with Gasteiger partial charge in [-0.25, -0.2) is 9.79 Å². The summed E-state index contributed by atoms with van der Waals surface area (Å²) in [6.45, 7) is 2.97. The minimum absolute atomic E-state index is 0.214. The molecule has 0 bridgehead atoms. The Bertz CT molecular complexity index is 1550. The van der Waals surface area contributed by atoms with Gasteiger partial charge >= 0.3 is 11.9 Å². The molecule has 180 valence electrons. The summed E-state index contributed by atoms with van der Waals surface area (Å²) >= 11 is 7.48. The number of fused-ring (bicyclic) bond motifs is 1. The molecule has 4 rings (SSSR count). The van der Waals surface area contributed by atoms with Crippen molar-refractivity contribution in [2.45, 2.75) is 19.9 Å². The summed E-state index contributed by atoms with van der Waals surface area (Å²) in [5.74, 6) is -0.626. The molecule has 35 heavy (non-hydrogen) atoms. The topological polar surface area (TPSA) is 96.2 Å². The van der Waals surface area contributed by atoms with E-state index in [1.165, 1.54) is 37.0 Å². The van der Waals surface area contributed by atoms with Crippen LogP contribution >= 0.6 is 22.9 Å². The van der Waals surface area contributed by atoms with Crippen LogP contribution in [0.2, 0.25) is 5.02 Å². The number of nitrogens with zero attached hydrogens (tertiary/aromatic N) is 2. The summed E-state index contributed by atoms with van der Waals surface area (Å²) in [6, 6.07) is 11.2. The van der Waals surface area contributed by atoms with Crippen LogP contribution in [0, 0.1) is 0 Å². The zero-order chi connectivity index (χ0) is 25.3. The molecular weight excluding hydrogens is 492 g/mol. The number of halogens is 1. The van der Waals surface area contributed by atoms with Gasteiger partial charge in [0, 0.05) is 11.9 Å². The van der Waals surface area contributed by atoms with E-state index >= 15 is 0 Å². The summed E-state index contributed by atoms with van der Waals surface area (Å²) in [7, 11) is 2.70. The number of allylic oxidation sites excluding steroid dienone is 1. The van der Waals surface area contributed by atoms with E-state index in [2.05, 4.69) is 4.99 Å². The Labute approximate surface area is 209 Å². The molecule has 10 heteroatoms. The molecule has 2 heterocycles. The summed E-state index contributed by atoms with van der Waals surface area (Å²) in [6.07, 6.45) is 1.70. The van der Waals surface area contributed by atoms with Gasteiger partial charge in [0.15, 0.2) is 16.3 Å². The molecule has 1 unspecified atom stereocenters. The molecule has 0 N–H and O–H groups in total. The number of carbonyl (C=O) groups is 2. The SMILES string of the molecule is COC(=O)C1=C(C)N=c2sc(=Cc3ccccc3Cl)c(=O)n2C1c1ccc(OC(C)=O)c(OC)c1. The molecule has 1 aliphatic heterocycles. The van der Waals surface area contributed by atoms with E-state index in [0.29, 0.717) is 31.2 Å². The van der Waals surface area contributed by atoms with Crippen molar-refractivity contribution in [3.8, 4) is 11.5 Å². The number of hydrogen-bond acceptors (Lipinski definition) is 8. The van der Waals surface area contributed by atoms with Gasteiger partial charge in [-0.3, -0.25) is 14.2 Å². The van der Waals surface area contributed by atoms with Crippen LogP contribution in [0.1, 0.15) is 31.0 Å². The fourth-order valence-electron chi connectivity index (χ4n) is 3.83. The van der Waals surface area contributed by atoms with Gasteiger partial charge in [-0.1, -0.05) is 47.2 Å². The number of aromatic nitrogens is 1. The number of methoxy groups -OCH3 is 2. The predicted octanol–water partition coefficient (Wildman–Crippen LogP) is 3.00. The highest BCUT2D eigenvalue weighted by atomic mass is 35.5. The van der Waals surface area contributed by atoms with Crippen molar-refractivity contribution in [2.75, 3.05) is 14.2 Å². The molecule has 1 aromatic heterocycles. The molecule has 0 radical (unpaired) electrons. The number of rotatable bonds is 5. The molecule has 8 nitrogen and oxygen atoms in total. The second-order valence-corrected chi connectivity index (χ2v) is 9.02. The highest BCUT2D eigenvalue weighted by Crippen LogP contribution is 2.36. The first-order valence-corrected chi connectivity index (χ1v) is 11.7. The summed E-state index contributed by atoms with van der Waals surface area (Å²) in [5, 5.41) is 0.507. The van der Waals surface area contributed by atoms with Crippen LogP contribution in [0.15, 0.2) is 63.5 Å². The lowest BCUT2D eigenvalue weighted by atomic mass is 9.95. The second kappa shape index (κ2) is 9.89. The third-order valence-corrected chi connectivity index (χ3v) is 6.70. The lowest BCUT2D eigenvalue weighted by molar-refractivity contribution is -0.136. The van der Waals surface area contributed by atoms with E-state index in [1.54, 1.807) is 43.3 Å². The zero-order valence-electron chi connectivity index (χ0n) is 19.3. The van der Waals surface area contributed by atoms with Crippen molar-refractivity contribution in [1.29, 1.82) is 0 Å². The van der Waals surface area contributed by atoms with Crippen molar-refractivity contribution < 1.29 is 23.8 Å². The Balaban J connectivity index is 1.97. The first-order valence-electron chi connectivity index (χ1n) is 10.5. The number of ether oxygens (including phenoxy) is 3. The van der Waals surface area contributed by atoms with E-state index in [0.717, 1.165) is 0 Å². The normalized spacial score (nSPS) is 15.3. The van der Waals surface area contributed by atoms with Crippen LogP contribution in [0.5, 0.6) is 11.5 Å². The van der Waals surface area contributed by atoms with E-state index in [4.69, 9.17) is 25.8 Å². The van der Waals surface area contributed by atoms with Crippen molar-refractivity contribution in [3.63, 3.8) is 0 Å². The van der Waals surface area contributed by atoms with E-state index < -0.39 is 18.0 Å². The predicted molar refractivity (Wildman–Crippen MR) is 132 cm³/mol. The Kier molecular flexibility index (Phi) is 6.90. The van der Waals surface area contributed by atoms with Crippen molar-refractivity contribution >= 4 is 41.0 Å². The van der Waals surface area contributed by atoms with E-state index in [9.17, 15) is 14.4 Å². The smallest absolute Gasteiger partial charge is 0.338 e. The largest absolute Gasteiger partial charge is 0.493 e. The maximum atomic E-state index is 13.6. The average Bonchev–Trinajstić information content (AvgIpc) is 3.13. The monoisotopic (exact) mass is 512 g/mol. The van der Waals surface area contributed by atoms with E-state index in [-0.39, 0.29) is 22.6 Å². The molecule has 0 saturated heterocycles. The van der Waals surface area contributed by atoms with Crippen LogP contribution in [0.25, 0.3) is 6.08 Å². The number of hydrogen-bond donors (Lipinski definition) is 0. The van der Waals surface area contributed by atoms with Crippen molar-refractivity contribution in [3.05, 3.63) is 89.6 Å². The molecule has 0 saturated carbocycles. The number of thiazole rings is 1. The highest BCUT2D eigenvalue weighted by molar-refractivity contribution is 7.07. The molecule has 3 aromatic rings. The Hall–Kier alpha value is -3.69. The van der Waals surface area contributed by atoms with Gasteiger partial charge in [-0.2, -0.15) is 0 Å². The second-order valence-electron chi connectivity index (χ2n) is 7.60. The lowest BCUT2D eigenvalue weighted by Gasteiger charge is -2.25. The molecule has 0 aliphatic carbocycles. The average molecular weight is 513 g/mol. The standard InChI is InChI=1S/C25H21ClN2O6S/c1-13-21(24(31)33-4)22(16-9-10-18(34-14(2)29)19(11-16)32-3)28-23(30)20(35-25(28)27-13)12-15-7-5-6-8-17(15)26/h5-12,22H,1-4H3. The Morgan fingerprint density at radius 1 is 1.14 bits per heavy atom. The number of esters is 2. The van der Waals surface area contributed by atoms with Gasteiger partial charge in [0.1, 0.15) is 0 Å². The summed E-state index contributed by atoms with van der Waals surface area (Å²) in [5.41, 5.74) is 1.54. The zero-order valence-corrected chi connectivity index (χ0v) is 20.9. The minimum Gasteiger partial charge on any atom is -0.493 e. The summed E-state index contributed by atoms with van der Waals surface area (Å²) < 4.78 is 17.5. The molecule has 0 fully saturated rings. The maximum Gasteiger partial charge on any atom is 0.338 e. The molecular formula is C25H21ClN2O6S. The van der Waals surface area contributed by atoms with Crippen LogP contribution in [-0.2, 0) is 14.3 Å². The molecule has 2 aromatic carbocycles. The van der Waals surface area contributed by atoms with Crippen molar-refractivity contribution in [1.82, 2.24) is 4.57 Å². The molecule has 0 spiro atoms. The fourth-order valence-corrected chi connectivity index (χ4v) is 5.06. The molecule has 0 amide bonds. The third kappa shape index (κ3) is 4.65. The Morgan fingerprint density at radius 3 is 2.54 bits per heavy atom. The first-order chi connectivity index (χ1) is 16.7. The van der Waals surface area contributed by atoms with Crippen LogP contribution in [0.4, 0.5) is 0 Å². The minimum atomic E-state index is -0.840. The van der Waals surface area contributed by atoms with Crippen molar-refractivity contribution in [2.24, 2.45) is 4.99 Å². The van der Waals surface area contributed by atoms with Crippen LogP contribution in [0.3, 0.4) is 0 Å². The highest BCUT2D eigenvalue weighted by Gasteiger charge is 2.33. The van der Waals surface area contributed by atoms with E-state index in [1.807, 2.05) is 12.1 Å². The summed E-state index contributed by atoms with van der Waals surface area (Å²) in [4.78, 5) is 42.8. The van der Waals surface area contributed by atoms with Gasteiger partial charge in [0.2, 0.25) is 0 Å². The number of carbonyl (C=O) groups excluding carboxylic acids is 2. The quantitative estimate of drug-likeness (QED) is 0.385. The lowest BCUT2D eigenvalue weighted by Crippen LogP contribution is -2.39.